The van der Waals surface area contributed by atoms with E-state index in [4.69, 9.17) is 16.3 Å². The van der Waals surface area contributed by atoms with Crippen LogP contribution in [0.3, 0.4) is 0 Å². The molecule has 0 saturated heterocycles. The Hall–Kier alpha value is -4.00. The van der Waals surface area contributed by atoms with Gasteiger partial charge in [-0.3, -0.25) is 9.52 Å². The molecule has 1 amide bonds. The van der Waals surface area contributed by atoms with E-state index in [1.165, 1.54) is 56.4 Å². The van der Waals surface area contributed by atoms with Crippen LogP contribution in [0.25, 0.3) is 11.4 Å². The molecule has 0 aliphatic carbocycles. The molecule has 0 aliphatic heterocycles. The van der Waals surface area contributed by atoms with Crippen LogP contribution in [0.1, 0.15) is 35.3 Å². The lowest BCUT2D eigenvalue weighted by Crippen LogP contribution is -2.16. The molecule has 4 aromatic rings. The van der Waals surface area contributed by atoms with Crippen molar-refractivity contribution in [3.05, 3.63) is 94.3 Å². The van der Waals surface area contributed by atoms with Crippen molar-refractivity contribution in [1.82, 2.24) is 9.55 Å². The number of carbonyl (C=O) groups is 1. The van der Waals surface area contributed by atoms with Crippen molar-refractivity contribution in [3.63, 3.8) is 0 Å². The van der Waals surface area contributed by atoms with Gasteiger partial charge in [0.25, 0.3) is 5.91 Å². The van der Waals surface area contributed by atoms with Crippen LogP contribution in [0.15, 0.2) is 60.9 Å². The van der Waals surface area contributed by atoms with E-state index in [2.05, 4.69) is 15.0 Å². The second-order valence-electron chi connectivity index (χ2n) is 9.98. The molecule has 216 valence electrons. The van der Waals surface area contributed by atoms with E-state index < -0.39 is 33.2 Å². The number of aromatic nitrogens is 2. The highest BCUT2D eigenvalue weighted by Gasteiger charge is 2.20. The summed E-state index contributed by atoms with van der Waals surface area (Å²) >= 11 is 6.09. The van der Waals surface area contributed by atoms with Gasteiger partial charge < -0.3 is 19.7 Å². The molecule has 0 spiro atoms. The van der Waals surface area contributed by atoms with E-state index in [0.29, 0.717) is 16.8 Å². The second kappa shape index (κ2) is 11.5. The highest BCUT2D eigenvalue weighted by Crippen LogP contribution is 2.32. The molecule has 2 aromatic carbocycles. The summed E-state index contributed by atoms with van der Waals surface area (Å²) in [5, 5.41) is 13.1. The molecule has 2 aromatic heterocycles. The van der Waals surface area contributed by atoms with Crippen LogP contribution >= 0.6 is 11.6 Å². The van der Waals surface area contributed by atoms with Crippen LogP contribution in [0, 0.1) is 11.6 Å². The van der Waals surface area contributed by atoms with Gasteiger partial charge in [-0.2, -0.15) is 0 Å². The summed E-state index contributed by atoms with van der Waals surface area (Å²) in [6.45, 7) is 2.92. The number of hydrogen-bond acceptors (Lipinski definition) is 6. The number of amides is 1. The Morgan fingerprint density at radius 2 is 1.78 bits per heavy atom. The van der Waals surface area contributed by atoms with E-state index >= 15 is 0 Å². The number of anilines is 2. The summed E-state index contributed by atoms with van der Waals surface area (Å²) in [4.78, 5) is 17.2. The molecular formula is C28H27ClF2N4O5S. The number of nitrogens with zero attached hydrogens (tertiary/aromatic N) is 2. The Morgan fingerprint density at radius 3 is 2.46 bits per heavy atom. The molecule has 0 unspecified atom stereocenters. The Kier molecular flexibility index (Phi) is 8.39. The number of pyridine rings is 1. The predicted molar refractivity (Wildman–Crippen MR) is 152 cm³/mol. The fraction of sp³-hybridized carbons (Fsp3) is 0.214. The van der Waals surface area contributed by atoms with Crippen LogP contribution in [-0.2, 0) is 29.3 Å². The maximum Gasteiger partial charge on any atom is 0.257 e. The van der Waals surface area contributed by atoms with Gasteiger partial charge in [-0.05, 0) is 67.4 Å². The van der Waals surface area contributed by atoms with Crippen molar-refractivity contribution < 1.29 is 31.8 Å². The molecule has 0 radical (unpaired) electrons. The Morgan fingerprint density at radius 1 is 1.07 bits per heavy atom. The lowest BCUT2D eigenvalue weighted by molar-refractivity contribution is 0.0780. The number of aryl methyl sites for hydroxylation is 1. The molecule has 0 bridgehead atoms. The predicted octanol–water partition coefficient (Wildman–Crippen LogP) is 5.45. The maximum atomic E-state index is 14.2. The van der Waals surface area contributed by atoms with Crippen LogP contribution < -0.4 is 14.8 Å². The van der Waals surface area contributed by atoms with Crippen molar-refractivity contribution in [1.29, 1.82) is 0 Å². The molecular weight excluding hydrogens is 578 g/mol. The fourth-order valence-corrected chi connectivity index (χ4v) is 4.81. The molecule has 9 nitrogen and oxygen atoms in total. The number of halogens is 3. The monoisotopic (exact) mass is 604 g/mol. The molecule has 13 heteroatoms. The first kappa shape index (κ1) is 30.0. The summed E-state index contributed by atoms with van der Waals surface area (Å²) in [7, 11) is -1.90. The van der Waals surface area contributed by atoms with Crippen LogP contribution in [-0.4, -0.2) is 35.2 Å². The highest BCUT2D eigenvalue weighted by molar-refractivity contribution is 7.92. The number of nitrogens with one attached hydrogen (secondary N) is 2. The van der Waals surface area contributed by atoms with Crippen molar-refractivity contribution in [2.45, 2.75) is 26.1 Å². The topological polar surface area (TPSA) is 123 Å². The van der Waals surface area contributed by atoms with Gasteiger partial charge in [-0.1, -0.05) is 11.6 Å². The largest absolute Gasteiger partial charge is 0.486 e. The van der Waals surface area contributed by atoms with E-state index in [1.54, 1.807) is 17.7 Å². The molecule has 0 atom stereocenters. The Labute approximate surface area is 240 Å². The van der Waals surface area contributed by atoms with Crippen molar-refractivity contribution in [2.75, 3.05) is 16.3 Å². The van der Waals surface area contributed by atoms with Gasteiger partial charge in [0, 0.05) is 30.0 Å². The number of carbonyl (C=O) groups excluding carboxylic acids is 1. The normalized spacial score (nSPS) is 11.8. The first-order valence-corrected chi connectivity index (χ1v) is 14.4. The van der Waals surface area contributed by atoms with Crippen LogP contribution in [0.5, 0.6) is 5.75 Å². The van der Waals surface area contributed by atoms with Gasteiger partial charge in [0.15, 0.2) is 5.75 Å². The number of benzene rings is 2. The van der Waals surface area contributed by atoms with E-state index in [9.17, 15) is 27.1 Å². The van der Waals surface area contributed by atoms with Gasteiger partial charge in [-0.15, -0.1) is 0 Å². The summed E-state index contributed by atoms with van der Waals surface area (Å²) in [6.07, 6.45) is 3.53. The third kappa shape index (κ3) is 7.81. The summed E-state index contributed by atoms with van der Waals surface area (Å²) < 4.78 is 61.2. The van der Waals surface area contributed by atoms with E-state index in [0.717, 1.165) is 18.5 Å². The molecule has 2 heterocycles. The number of rotatable bonds is 9. The summed E-state index contributed by atoms with van der Waals surface area (Å²) in [6, 6.07) is 11.0. The quantitative estimate of drug-likeness (QED) is 0.234. The molecule has 4 rings (SSSR count). The molecule has 3 N–H and O–H groups in total. The SMILES string of the molecule is Cn1cc(C(=O)Nc2cc(Cl)cc(NS(C)(=O)=O)c2)cc1-c1ncc(F)cc1OCc1cc(F)cc(C(C)(C)O)c1. The average molecular weight is 605 g/mol. The van der Waals surface area contributed by atoms with Gasteiger partial charge in [0.1, 0.15) is 23.9 Å². The average Bonchev–Trinajstić information content (AvgIpc) is 3.22. The smallest absolute Gasteiger partial charge is 0.257 e. The molecule has 0 fully saturated rings. The minimum absolute atomic E-state index is 0.0542. The standard InChI is InChI=1S/C28H27ClF2N4O5S/c1-28(2,37)18-5-16(6-20(30)8-18)15-40-25-11-21(31)13-32-26(25)24-7-17(14-35(24)3)27(36)33-22-9-19(29)10-23(12-22)34-41(4,38)39/h5-14,34,37H,15H2,1-4H3,(H,33,36). The lowest BCUT2D eigenvalue weighted by Gasteiger charge is -2.19. The van der Waals surface area contributed by atoms with Gasteiger partial charge in [-0.25, -0.2) is 22.2 Å². The number of aliphatic hydroxyl groups is 1. The zero-order chi connectivity index (χ0) is 30.1. The van der Waals surface area contributed by atoms with Crippen LogP contribution in [0.4, 0.5) is 20.2 Å². The summed E-state index contributed by atoms with van der Waals surface area (Å²) in [5.74, 6) is -1.69. The van der Waals surface area contributed by atoms with Gasteiger partial charge >= 0.3 is 0 Å². The lowest BCUT2D eigenvalue weighted by atomic mass is 9.96. The second-order valence-corrected chi connectivity index (χ2v) is 12.2. The zero-order valence-corrected chi connectivity index (χ0v) is 24.1. The van der Waals surface area contributed by atoms with E-state index in [-0.39, 0.29) is 40.0 Å². The number of hydrogen-bond donors (Lipinski definition) is 3. The first-order valence-electron chi connectivity index (χ1n) is 12.1. The van der Waals surface area contributed by atoms with Crippen LogP contribution in [0.2, 0.25) is 5.02 Å². The molecule has 41 heavy (non-hydrogen) atoms. The van der Waals surface area contributed by atoms with Crippen molar-refractivity contribution >= 4 is 38.9 Å². The minimum Gasteiger partial charge on any atom is -0.486 e. The van der Waals surface area contributed by atoms with Crippen molar-refractivity contribution in [3.8, 4) is 17.1 Å². The number of sulfonamides is 1. The van der Waals surface area contributed by atoms with Gasteiger partial charge in [0.2, 0.25) is 10.0 Å². The zero-order valence-electron chi connectivity index (χ0n) is 22.5. The fourth-order valence-electron chi connectivity index (χ4n) is 4.03. The highest BCUT2D eigenvalue weighted by atomic mass is 35.5. The van der Waals surface area contributed by atoms with E-state index in [1.807, 2.05) is 0 Å². The third-order valence-electron chi connectivity index (χ3n) is 5.85. The maximum absolute atomic E-state index is 14.2. The number of ether oxygens (including phenoxy) is 1. The minimum atomic E-state index is -3.56. The molecule has 0 saturated carbocycles. The van der Waals surface area contributed by atoms with Crippen molar-refractivity contribution in [2.24, 2.45) is 7.05 Å². The summed E-state index contributed by atoms with van der Waals surface area (Å²) in [5.41, 5.74) is 0.789. The Balaban J connectivity index is 1.59. The first-order chi connectivity index (χ1) is 19.1. The Bertz CT molecular complexity index is 1740. The third-order valence-corrected chi connectivity index (χ3v) is 6.67. The van der Waals surface area contributed by atoms with Gasteiger partial charge in [0.05, 0.1) is 35.0 Å². The molecule has 0 aliphatic rings.